The number of hydrogen-bond acceptors (Lipinski definition) is 3. The summed E-state index contributed by atoms with van der Waals surface area (Å²) in [5, 5.41) is 0. The molecule has 1 saturated carbocycles. The van der Waals surface area contributed by atoms with E-state index in [0.29, 0.717) is 11.3 Å². The number of amides is 1. The predicted octanol–water partition coefficient (Wildman–Crippen LogP) is 3.96. The second-order valence-corrected chi connectivity index (χ2v) is 7.53. The topological polar surface area (TPSA) is 38.8 Å². The molecule has 1 spiro atoms. The number of hydrogen-bond donors (Lipinski definition) is 0. The van der Waals surface area contributed by atoms with Crippen LogP contribution < -0.4 is 0 Å². The van der Waals surface area contributed by atoms with Gasteiger partial charge in [0.2, 0.25) is 0 Å². The van der Waals surface area contributed by atoms with Gasteiger partial charge in [-0.25, -0.2) is 4.79 Å². The lowest BCUT2D eigenvalue weighted by atomic mass is 9.76. The van der Waals surface area contributed by atoms with Crippen molar-refractivity contribution in [1.82, 2.24) is 4.90 Å². The molecule has 2 fully saturated rings. The number of carbonyl (C=O) groups is 1. The van der Waals surface area contributed by atoms with E-state index in [2.05, 4.69) is 6.08 Å². The van der Waals surface area contributed by atoms with Gasteiger partial charge in [-0.1, -0.05) is 0 Å². The fourth-order valence-electron chi connectivity index (χ4n) is 3.55. The molecule has 0 bridgehead atoms. The van der Waals surface area contributed by atoms with Crippen molar-refractivity contribution in [1.29, 1.82) is 0 Å². The number of allylic oxidation sites excluding steroid dienone is 1. The first-order valence-corrected chi connectivity index (χ1v) is 8.01. The highest BCUT2D eigenvalue weighted by molar-refractivity contribution is 5.68. The Morgan fingerprint density at radius 2 is 1.90 bits per heavy atom. The first-order valence-electron chi connectivity index (χ1n) is 8.01. The molecule has 1 unspecified atom stereocenters. The van der Waals surface area contributed by atoms with Gasteiger partial charge in [-0.15, -0.1) is 0 Å². The molecule has 0 N–H and O–H groups in total. The number of ether oxygens (including phenoxy) is 2. The van der Waals surface area contributed by atoms with Crippen molar-refractivity contribution in [3.8, 4) is 0 Å². The largest absolute Gasteiger partial charge is 0.505 e. The van der Waals surface area contributed by atoms with Crippen LogP contribution in [-0.2, 0) is 9.47 Å². The zero-order valence-electron chi connectivity index (χ0n) is 13.9. The molecule has 4 heteroatoms. The summed E-state index contributed by atoms with van der Waals surface area (Å²) in [4.78, 5) is 14.0. The number of rotatable bonds is 2. The molecule has 1 atom stereocenters. The number of carbonyl (C=O) groups excluding carboxylic acids is 1. The van der Waals surface area contributed by atoms with Crippen molar-refractivity contribution < 1.29 is 14.3 Å². The average Bonchev–Trinajstić information content (AvgIpc) is 2.78. The van der Waals surface area contributed by atoms with Crippen LogP contribution in [0.3, 0.4) is 0 Å². The molecule has 1 aliphatic heterocycles. The van der Waals surface area contributed by atoms with Gasteiger partial charge in [0.15, 0.2) is 0 Å². The Kier molecular flexibility index (Phi) is 4.84. The van der Waals surface area contributed by atoms with Gasteiger partial charge in [-0.05, 0) is 70.3 Å². The van der Waals surface area contributed by atoms with Crippen molar-refractivity contribution in [2.45, 2.75) is 58.5 Å². The van der Waals surface area contributed by atoms with E-state index in [1.807, 2.05) is 25.7 Å². The molecule has 0 aromatic carbocycles. The molecule has 4 nitrogen and oxygen atoms in total. The Bertz CT molecular complexity index is 389. The number of likely N-dealkylation sites (tertiary alicyclic amines) is 1. The summed E-state index contributed by atoms with van der Waals surface area (Å²) in [7, 11) is 1.69. The molecule has 1 amide bonds. The molecule has 1 saturated heterocycles. The lowest BCUT2D eigenvalue weighted by molar-refractivity contribution is 0.0104. The lowest BCUT2D eigenvalue weighted by Gasteiger charge is -2.39. The third kappa shape index (κ3) is 4.39. The number of piperidine rings is 1. The van der Waals surface area contributed by atoms with E-state index < -0.39 is 5.60 Å². The Morgan fingerprint density at radius 1 is 1.24 bits per heavy atom. The van der Waals surface area contributed by atoms with Crippen molar-refractivity contribution >= 4 is 6.09 Å². The summed E-state index contributed by atoms with van der Waals surface area (Å²) in [6.07, 6.45) is 9.78. The maximum absolute atomic E-state index is 12.1. The summed E-state index contributed by atoms with van der Waals surface area (Å²) in [5.74, 6) is 0.637. The van der Waals surface area contributed by atoms with Crippen molar-refractivity contribution in [3.05, 3.63) is 12.3 Å². The number of methoxy groups -OCH3 is 1. The van der Waals surface area contributed by atoms with E-state index in [4.69, 9.17) is 9.47 Å². The van der Waals surface area contributed by atoms with E-state index in [9.17, 15) is 4.79 Å². The van der Waals surface area contributed by atoms with E-state index in [1.165, 1.54) is 19.3 Å². The maximum atomic E-state index is 12.1. The smallest absolute Gasteiger partial charge is 0.410 e. The van der Waals surface area contributed by atoms with Crippen LogP contribution in [-0.4, -0.2) is 36.8 Å². The third-order valence-corrected chi connectivity index (χ3v) is 4.70. The van der Waals surface area contributed by atoms with E-state index in [-0.39, 0.29) is 6.09 Å². The Hall–Kier alpha value is -1.19. The first kappa shape index (κ1) is 16.2. The van der Waals surface area contributed by atoms with Crippen LogP contribution in [0.4, 0.5) is 4.79 Å². The summed E-state index contributed by atoms with van der Waals surface area (Å²) in [6, 6.07) is 0. The SMILES string of the molecule is CO/C=C/C1CCC2(CCN(C(=O)OC(C)(C)C)CC2)C1. The van der Waals surface area contributed by atoms with Crippen LogP contribution >= 0.6 is 0 Å². The highest BCUT2D eigenvalue weighted by atomic mass is 16.6. The molecule has 2 rings (SSSR count). The second kappa shape index (κ2) is 6.29. The van der Waals surface area contributed by atoms with Crippen LogP contribution in [0.25, 0.3) is 0 Å². The summed E-state index contributed by atoms with van der Waals surface area (Å²) in [5.41, 5.74) is 0.0247. The van der Waals surface area contributed by atoms with Gasteiger partial charge in [0.05, 0.1) is 13.4 Å². The van der Waals surface area contributed by atoms with Crippen molar-refractivity contribution in [2.75, 3.05) is 20.2 Å². The van der Waals surface area contributed by atoms with Gasteiger partial charge < -0.3 is 14.4 Å². The minimum Gasteiger partial charge on any atom is -0.505 e. The molecule has 0 aromatic heterocycles. The van der Waals surface area contributed by atoms with Crippen molar-refractivity contribution in [2.24, 2.45) is 11.3 Å². The predicted molar refractivity (Wildman–Crippen MR) is 83.0 cm³/mol. The second-order valence-electron chi connectivity index (χ2n) is 7.53. The zero-order chi connectivity index (χ0) is 15.5. The minimum absolute atomic E-state index is 0.161. The molecule has 0 radical (unpaired) electrons. The molecule has 120 valence electrons. The molecule has 1 heterocycles. The number of nitrogens with zero attached hydrogens (tertiary/aromatic N) is 1. The fourth-order valence-corrected chi connectivity index (χ4v) is 3.55. The molecule has 21 heavy (non-hydrogen) atoms. The normalized spacial score (nSPS) is 25.5. The molecule has 1 aliphatic carbocycles. The van der Waals surface area contributed by atoms with Crippen LogP contribution in [0.15, 0.2) is 12.3 Å². The Balaban J connectivity index is 1.83. The van der Waals surface area contributed by atoms with Gasteiger partial charge in [0.25, 0.3) is 0 Å². The third-order valence-electron chi connectivity index (χ3n) is 4.70. The summed E-state index contributed by atoms with van der Waals surface area (Å²) >= 11 is 0. The molecule has 2 aliphatic rings. The van der Waals surface area contributed by atoms with Crippen LogP contribution in [0, 0.1) is 11.3 Å². The summed E-state index contributed by atoms with van der Waals surface area (Å²) < 4.78 is 10.5. The van der Waals surface area contributed by atoms with Crippen LogP contribution in [0.1, 0.15) is 52.9 Å². The molecular formula is C17H29NO3. The van der Waals surface area contributed by atoms with Gasteiger partial charge >= 0.3 is 6.09 Å². The highest BCUT2D eigenvalue weighted by Gasteiger charge is 2.41. The molecule has 0 aromatic rings. The van der Waals surface area contributed by atoms with E-state index in [0.717, 1.165) is 25.9 Å². The quantitative estimate of drug-likeness (QED) is 0.724. The van der Waals surface area contributed by atoms with E-state index in [1.54, 1.807) is 13.4 Å². The maximum Gasteiger partial charge on any atom is 0.410 e. The fraction of sp³-hybridized carbons (Fsp3) is 0.824. The lowest BCUT2D eigenvalue weighted by Crippen LogP contribution is -2.44. The first-order chi connectivity index (χ1) is 9.84. The van der Waals surface area contributed by atoms with Gasteiger partial charge in [0.1, 0.15) is 5.60 Å². The van der Waals surface area contributed by atoms with E-state index >= 15 is 0 Å². The monoisotopic (exact) mass is 295 g/mol. The van der Waals surface area contributed by atoms with Gasteiger partial charge in [-0.2, -0.15) is 0 Å². The van der Waals surface area contributed by atoms with Crippen LogP contribution in [0.2, 0.25) is 0 Å². The summed E-state index contributed by atoms with van der Waals surface area (Å²) in [6.45, 7) is 7.41. The highest BCUT2D eigenvalue weighted by Crippen LogP contribution is 2.49. The van der Waals surface area contributed by atoms with Gasteiger partial charge in [-0.3, -0.25) is 0 Å². The van der Waals surface area contributed by atoms with Crippen LogP contribution in [0.5, 0.6) is 0 Å². The average molecular weight is 295 g/mol. The molecular weight excluding hydrogens is 266 g/mol. The zero-order valence-corrected chi connectivity index (χ0v) is 13.9. The van der Waals surface area contributed by atoms with Gasteiger partial charge in [0, 0.05) is 13.1 Å². The Morgan fingerprint density at radius 3 is 2.48 bits per heavy atom. The standard InChI is InChI=1S/C17H29NO3/c1-16(2,3)21-15(19)18-10-8-17(9-11-18)7-5-14(13-17)6-12-20-4/h6,12,14H,5,7-11,13H2,1-4H3/b12-6+. The minimum atomic E-state index is -0.407. The Labute approximate surface area is 128 Å². The van der Waals surface area contributed by atoms with Crippen molar-refractivity contribution in [3.63, 3.8) is 0 Å².